The minimum atomic E-state index is -1.29. The molecule has 0 saturated heterocycles. The Balaban J connectivity index is 3.71. The molecular formula is C5H11NO3. The molecule has 0 saturated carbocycles. The highest BCUT2D eigenvalue weighted by Crippen LogP contribution is 2.00. The summed E-state index contributed by atoms with van der Waals surface area (Å²) in [4.78, 5) is 10.2. The SMILES string of the molecule is COC(C)(N)OC(C)=O. The van der Waals surface area contributed by atoms with Gasteiger partial charge in [-0.15, -0.1) is 0 Å². The van der Waals surface area contributed by atoms with Crippen molar-refractivity contribution in [2.24, 2.45) is 5.73 Å². The van der Waals surface area contributed by atoms with Crippen LogP contribution in [0.25, 0.3) is 0 Å². The van der Waals surface area contributed by atoms with Crippen LogP contribution >= 0.6 is 0 Å². The zero-order valence-electron chi connectivity index (χ0n) is 5.80. The average molecular weight is 133 g/mol. The Hall–Kier alpha value is -0.610. The molecular weight excluding hydrogens is 122 g/mol. The van der Waals surface area contributed by atoms with E-state index in [1.54, 1.807) is 0 Å². The van der Waals surface area contributed by atoms with E-state index in [-0.39, 0.29) is 0 Å². The van der Waals surface area contributed by atoms with E-state index in [0.29, 0.717) is 0 Å². The van der Waals surface area contributed by atoms with Crippen molar-refractivity contribution in [1.29, 1.82) is 0 Å². The zero-order valence-corrected chi connectivity index (χ0v) is 5.80. The second-order valence-electron chi connectivity index (χ2n) is 1.81. The van der Waals surface area contributed by atoms with Crippen molar-refractivity contribution >= 4 is 5.97 Å². The van der Waals surface area contributed by atoms with Gasteiger partial charge in [0.15, 0.2) is 0 Å². The Morgan fingerprint density at radius 2 is 2.11 bits per heavy atom. The van der Waals surface area contributed by atoms with Crippen molar-refractivity contribution in [3.63, 3.8) is 0 Å². The van der Waals surface area contributed by atoms with Crippen LogP contribution in [0.4, 0.5) is 0 Å². The fourth-order valence-electron chi connectivity index (χ4n) is 0.327. The van der Waals surface area contributed by atoms with Gasteiger partial charge in [-0.1, -0.05) is 0 Å². The molecule has 0 spiro atoms. The second-order valence-corrected chi connectivity index (χ2v) is 1.81. The van der Waals surface area contributed by atoms with E-state index in [0.717, 1.165) is 0 Å². The molecule has 4 heteroatoms. The molecule has 0 aromatic heterocycles. The second kappa shape index (κ2) is 2.80. The number of hydrogen-bond acceptors (Lipinski definition) is 4. The molecule has 0 fully saturated rings. The van der Waals surface area contributed by atoms with Crippen LogP contribution in [-0.4, -0.2) is 19.0 Å². The minimum Gasteiger partial charge on any atom is -0.420 e. The molecule has 4 nitrogen and oxygen atoms in total. The summed E-state index contributed by atoms with van der Waals surface area (Å²) in [5.74, 6) is -1.74. The van der Waals surface area contributed by atoms with E-state index in [1.807, 2.05) is 0 Å². The van der Waals surface area contributed by atoms with Gasteiger partial charge < -0.3 is 9.47 Å². The quantitative estimate of drug-likeness (QED) is 0.419. The first-order valence-electron chi connectivity index (χ1n) is 2.51. The lowest BCUT2D eigenvalue weighted by molar-refractivity contribution is -0.208. The lowest BCUT2D eigenvalue weighted by Gasteiger charge is -2.21. The van der Waals surface area contributed by atoms with Gasteiger partial charge in [-0.05, 0) is 0 Å². The Kier molecular flexibility index (Phi) is 2.61. The summed E-state index contributed by atoms with van der Waals surface area (Å²) in [7, 11) is 1.36. The smallest absolute Gasteiger partial charge is 0.306 e. The molecule has 0 aliphatic heterocycles. The van der Waals surface area contributed by atoms with Crippen LogP contribution < -0.4 is 5.73 Å². The highest BCUT2D eigenvalue weighted by atomic mass is 16.7. The van der Waals surface area contributed by atoms with Crippen molar-refractivity contribution in [1.82, 2.24) is 0 Å². The highest BCUT2D eigenvalue weighted by molar-refractivity contribution is 5.66. The van der Waals surface area contributed by atoms with E-state index in [1.165, 1.54) is 21.0 Å². The lowest BCUT2D eigenvalue weighted by atomic mass is 10.6. The van der Waals surface area contributed by atoms with Crippen molar-refractivity contribution in [3.8, 4) is 0 Å². The van der Waals surface area contributed by atoms with E-state index >= 15 is 0 Å². The number of carbonyl (C=O) groups excluding carboxylic acids is 1. The number of ether oxygens (including phenoxy) is 2. The normalized spacial score (nSPS) is 16.4. The Bertz CT molecular complexity index is 111. The standard InChI is InChI=1S/C5H11NO3/c1-4(7)9-5(2,6)8-3/h6H2,1-3H3. The molecule has 0 rings (SSSR count). The zero-order chi connectivity index (χ0) is 7.49. The number of hydrogen-bond donors (Lipinski definition) is 1. The number of carbonyl (C=O) groups is 1. The first-order valence-corrected chi connectivity index (χ1v) is 2.51. The fraction of sp³-hybridized carbons (Fsp3) is 0.800. The molecule has 1 atom stereocenters. The number of nitrogens with two attached hydrogens (primary N) is 1. The van der Waals surface area contributed by atoms with Gasteiger partial charge in [0.05, 0.1) is 0 Å². The molecule has 0 aromatic carbocycles. The van der Waals surface area contributed by atoms with Crippen molar-refractivity contribution in [3.05, 3.63) is 0 Å². The molecule has 0 amide bonds. The van der Waals surface area contributed by atoms with E-state index in [9.17, 15) is 4.79 Å². The Labute approximate surface area is 53.9 Å². The summed E-state index contributed by atoms with van der Waals surface area (Å²) in [5, 5.41) is 0. The largest absolute Gasteiger partial charge is 0.420 e. The van der Waals surface area contributed by atoms with Gasteiger partial charge in [-0.25, -0.2) is 0 Å². The van der Waals surface area contributed by atoms with Crippen LogP contribution in [0.3, 0.4) is 0 Å². The fourth-order valence-corrected chi connectivity index (χ4v) is 0.327. The molecule has 54 valence electrons. The van der Waals surface area contributed by atoms with Gasteiger partial charge >= 0.3 is 5.97 Å². The Morgan fingerprint density at radius 3 is 2.22 bits per heavy atom. The summed E-state index contributed by atoms with van der Waals surface area (Å²) >= 11 is 0. The van der Waals surface area contributed by atoms with Crippen LogP contribution in [0.1, 0.15) is 13.8 Å². The monoisotopic (exact) mass is 133 g/mol. The van der Waals surface area contributed by atoms with Gasteiger partial charge in [0.25, 0.3) is 5.91 Å². The highest BCUT2D eigenvalue weighted by Gasteiger charge is 2.19. The molecule has 9 heavy (non-hydrogen) atoms. The molecule has 0 aliphatic carbocycles. The summed E-state index contributed by atoms with van der Waals surface area (Å²) in [6.07, 6.45) is 0. The molecule has 1 unspecified atom stereocenters. The summed E-state index contributed by atoms with van der Waals surface area (Å²) in [6.45, 7) is 2.72. The van der Waals surface area contributed by atoms with Crippen molar-refractivity contribution in [2.75, 3.05) is 7.11 Å². The summed E-state index contributed by atoms with van der Waals surface area (Å²) in [5.41, 5.74) is 5.25. The summed E-state index contributed by atoms with van der Waals surface area (Å²) < 4.78 is 9.09. The third-order valence-corrected chi connectivity index (χ3v) is 0.752. The first-order chi connectivity index (χ1) is 3.98. The number of rotatable bonds is 2. The first kappa shape index (κ1) is 8.39. The molecule has 0 heterocycles. The summed E-state index contributed by atoms with van der Waals surface area (Å²) in [6, 6.07) is 0. The van der Waals surface area contributed by atoms with Crippen LogP contribution in [-0.2, 0) is 14.3 Å². The molecule has 0 aliphatic rings. The van der Waals surface area contributed by atoms with Crippen molar-refractivity contribution in [2.45, 2.75) is 19.8 Å². The van der Waals surface area contributed by atoms with Gasteiger partial charge in [-0.3, -0.25) is 10.5 Å². The van der Waals surface area contributed by atoms with Gasteiger partial charge in [-0.2, -0.15) is 0 Å². The maximum atomic E-state index is 10.2. The Morgan fingerprint density at radius 1 is 1.67 bits per heavy atom. The van der Waals surface area contributed by atoms with E-state index < -0.39 is 11.9 Å². The molecule has 0 bridgehead atoms. The van der Waals surface area contributed by atoms with Gasteiger partial charge in [0, 0.05) is 21.0 Å². The minimum absolute atomic E-state index is 0.457. The topological polar surface area (TPSA) is 61.6 Å². The average Bonchev–Trinajstić information content (AvgIpc) is 1.63. The van der Waals surface area contributed by atoms with Gasteiger partial charge in [0.2, 0.25) is 0 Å². The van der Waals surface area contributed by atoms with Crippen molar-refractivity contribution < 1.29 is 14.3 Å². The predicted molar refractivity (Wildman–Crippen MR) is 31.4 cm³/mol. The van der Waals surface area contributed by atoms with Crippen LogP contribution in [0.15, 0.2) is 0 Å². The number of esters is 1. The van der Waals surface area contributed by atoms with Gasteiger partial charge in [0.1, 0.15) is 0 Å². The molecule has 0 radical (unpaired) electrons. The maximum Gasteiger partial charge on any atom is 0.306 e. The van der Waals surface area contributed by atoms with Crippen LogP contribution in [0.5, 0.6) is 0 Å². The lowest BCUT2D eigenvalue weighted by Crippen LogP contribution is -2.42. The maximum absolute atomic E-state index is 10.2. The molecule has 0 aromatic rings. The third kappa shape index (κ3) is 3.93. The van der Waals surface area contributed by atoms with Crippen LogP contribution in [0, 0.1) is 0 Å². The predicted octanol–water partition coefficient (Wildman–Crippen LogP) is -0.172. The van der Waals surface area contributed by atoms with Crippen LogP contribution in [0.2, 0.25) is 0 Å². The van der Waals surface area contributed by atoms with E-state index in [4.69, 9.17) is 5.73 Å². The van der Waals surface area contributed by atoms with E-state index in [2.05, 4.69) is 9.47 Å². The number of methoxy groups -OCH3 is 1. The third-order valence-electron chi connectivity index (χ3n) is 0.752. The molecule has 2 N–H and O–H groups in total.